The molecule has 2 aliphatic carbocycles. The van der Waals surface area contributed by atoms with Gasteiger partial charge in [-0.25, -0.2) is 4.79 Å². The van der Waals surface area contributed by atoms with Crippen LogP contribution in [0.3, 0.4) is 0 Å². The topological polar surface area (TPSA) is 128 Å². The van der Waals surface area contributed by atoms with Gasteiger partial charge in [0.25, 0.3) is 11.8 Å². The maximum absolute atomic E-state index is 13.3. The van der Waals surface area contributed by atoms with Crippen molar-refractivity contribution in [3.05, 3.63) is 76.6 Å². The monoisotopic (exact) mass is 623 g/mol. The number of carbonyl (C=O) groups is 2. The molecule has 2 amide bonds. The molecule has 46 heavy (non-hydrogen) atoms. The molecular formula is C36H37N3O7. The molecule has 3 aliphatic rings. The number of hydrogen-bond donors (Lipinski definition) is 3. The molecule has 3 aromatic carbocycles. The molecule has 0 spiro atoms. The average molecular weight is 624 g/mol. The number of anilines is 2. The number of hydrogen-bond acceptors (Lipinski definition) is 8. The zero-order valence-corrected chi connectivity index (χ0v) is 25.9. The van der Waals surface area contributed by atoms with E-state index in [1.165, 1.54) is 31.7 Å². The summed E-state index contributed by atoms with van der Waals surface area (Å²) in [4.78, 5) is 39.3. The van der Waals surface area contributed by atoms with Crippen LogP contribution in [0.1, 0.15) is 48.9 Å². The molecule has 4 atom stereocenters. The minimum atomic E-state index is -0.751. The van der Waals surface area contributed by atoms with Crippen LogP contribution in [0.2, 0.25) is 0 Å². The third-order valence-electron chi connectivity index (χ3n) is 9.55. The molecule has 0 saturated heterocycles. The molecule has 238 valence electrons. The molecular weight excluding hydrogens is 586 g/mol. The molecule has 1 aliphatic heterocycles. The molecule has 7 rings (SSSR count). The number of ether oxygens (including phenoxy) is 3. The Kier molecular flexibility index (Phi) is 8.12. The second-order valence-electron chi connectivity index (χ2n) is 12.4. The lowest BCUT2D eigenvalue weighted by Gasteiger charge is -2.27. The van der Waals surface area contributed by atoms with Gasteiger partial charge in [-0.15, -0.1) is 0 Å². The molecule has 2 heterocycles. The molecule has 10 heteroatoms. The SMILES string of the molecule is COc1cccc(-c2cc(C(=O)Nc3cc4ccc5c(c4oc3=O)NC(=O)C(CCCNC3CC4CCC3C4)O5)ccc2OC)c1. The van der Waals surface area contributed by atoms with Gasteiger partial charge < -0.3 is 34.6 Å². The zero-order valence-electron chi connectivity index (χ0n) is 25.9. The van der Waals surface area contributed by atoms with E-state index < -0.39 is 17.6 Å². The molecule has 1 aromatic heterocycles. The van der Waals surface area contributed by atoms with E-state index in [4.69, 9.17) is 18.6 Å². The van der Waals surface area contributed by atoms with Crippen LogP contribution in [-0.2, 0) is 4.79 Å². The van der Waals surface area contributed by atoms with Crippen LogP contribution in [0.4, 0.5) is 11.4 Å². The smallest absolute Gasteiger partial charge is 0.360 e. The standard InChI is InChI=1S/C36H37N3O7/c1-43-25-6-3-5-21(17-25)26-18-24(11-12-29(26)44-2)34(40)38-28-19-23-10-13-30-32(33(23)46-36(28)42)39-35(41)31(45-30)7-4-14-37-27-16-20-8-9-22(27)15-20/h3,5-6,10-13,17-20,22,27,31,37H,4,7-9,14-16H2,1-2H3,(H,38,40)(H,39,41). The third kappa shape index (κ3) is 5.80. The fraction of sp³-hybridized carbons (Fsp3) is 0.361. The van der Waals surface area contributed by atoms with Crippen molar-refractivity contribution in [2.75, 3.05) is 31.4 Å². The summed E-state index contributed by atoms with van der Waals surface area (Å²) in [5.41, 5.74) is 1.54. The number of nitrogens with one attached hydrogen (secondary N) is 3. The van der Waals surface area contributed by atoms with Gasteiger partial charge in [0.05, 0.1) is 14.2 Å². The van der Waals surface area contributed by atoms with Crippen molar-refractivity contribution < 1.29 is 28.2 Å². The van der Waals surface area contributed by atoms with Crippen LogP contribution in [0, 0.1) is 11.8 Å². The lowest BCUT2D eigenvalue weighted by atomic mass is 9.95. The Bertz CT molecular complexity index is 1870. The minimum absolute atomic E-state index is 0.0277. The quantitative estimate of drug-likeness (QED) is 0.145. The van der Waals surface area contributed by atoms with Gasteiger partial charge in [0.2, 0.25) is 0 Å². The van der Waals surface area contributed by atoms with Gasteiger partial charge in [0.1, 0.15) is 28.6 Å². The van der Waals surface area contributed by atoms with E-state index >= 15 is 0 Å². The summed E-state index contributed by atoms with van der Waals surface area (Å²) < 4.78 is 22.6. The lowest BCUT2D eigenvalue weighted by Crippen LogP contribution is -2.39. The molecule has 10 nitrogen and oxygen atoms in total. The molecule has 2 saturated carbocycles. The van der Waals surface area contributed by atoms with Crippen LogP contribution in [0.5, 0.6) is 17.2 Å². The largest absolute Gasteiger partial charge is 0.497 e. The summed E-state index contributed by atoms with van der Waals surface area (Å²) in [6.45, 7) is 0.855. The van der Waals surface area contributed by atoms with Crippen molar-refractivity contribution in [1.29, 1.82) is 0 Å². The van der Waals surface area contributed by atoms with Gasteiger partial charge in [-0.3, -0.25) is 9.59 Å². The minimum Gasteiger partial charge on any atom is -0.497 e. The fourth-order valence-corrected chi connectivity index (χ4v) is 7.20. The van der Waals surface area contributed by atoms with E-state index in [0.717, 1.165) is 30.4 Å². The number of carbonyl (C=O) groups excluding carboxylic acids is 2. The van der Waals surface area contributed by atoms with Gasteiger partial charge in [0.15, 0.2) is 11.7 Å². The summed E-state index contributed by atoms with van der Waals surface area (Å²) in [5, 5.41) is 9.78. The fourth-order valence-electron chi connectivity index (χ4n) is 7.20. The number of benzene rings is 3. The highest BCUT2D eigenvalue weighted by Crippen LogP contribution is 2.44. The summed E-state index contributed by atoms with van der Waals surface area (Å²) >= 11 is 0. The molecule has 3 N–H and O–H groups in total. The number of methoxy groups -OCH3 is 2. The van der Waals surface area contributed by atoms with Gasteiger partial charge in [-0.2, -0.15) is 0 Å². The Labute approximate surface area is 266 Å². The summed E-state index contributed by atoms with van der Waals surface area (Å²) in [6, 6.07) is 18.1. The molecule has 0 radical (unpaired) electrons. The van der Waals surface area contributed by atoms with Crippen LogP contribution in [0.15, 0.2) is 69.9 Å². The van der Waals surface area contributed by atoms with E-state index in [1.54, 1.807) is 44.6 Å². The average Bonchev–Trinajstić information content (AvgIpc) is 3.71. The first-order valence-electron chi connectivity index (χ1n) is 15.9. The highest BCUT2D eigenvalue weighted by atomic mass is 16.5. The second kappa shape index (κ2) is 12.5. The van der Waals surface area contributed by atoms with Crippen molar-refractivity contribution in [3.63, 3.8) is 0 Å². The molecule has 4 unspecified atom stereocenters. The zero-order chi connectivity index (χ0) is 31.8. The van der Waals surface area contributed by atoms with Crippen molar-refractivity contribution in [2.45, 2.75) is 50.7 Å². The normalized spacial score (nSPS) is 21.4. The van der Waals surface area contributed by atoms with Crippen LogP contribution < -0.4 is 35.8 Å². The predicted octanol–water partition coefficient (Wildman–Crippen LogP) is 5.99. The summed E-state index contributed by atoms with van der Waals surface area (Å²) in [7, 11) is 3.14. The number of amides is 2. The Morgan fingerprint density at radius 1 is 1.00 bits per heavy atom. The Hall–Kier alpha value is -4.83. The van der Waals surface area contributed by atoms with Gasteiger partial charge in [-0.05, 0) is 105 Å². The van der Waals surface area contributed by atoms with E-state index in [0.29, 0.717) is 51.9 Å². The van der Waals surface area contributed by atoms with E-state index in [1.807, 2.05) is 24.3 Å². The predicted molar refractivity (Wildman–Crippen MR) is 175 cm³/mol. The maximum atomic E-state index is 13.3. The van der Waals surface area contributed by atoms with Crippen molar-refractivity contribution in [2.24, 2.45) is 11.8 Å². The first-order valence-corrected chi connectivity index (χ1v) is 15.9. The Balaban J connectivity index is 1.04. The Morgan fingerprint density at radius 2 is 1.89 bits per heavy atom. The summed E-state index contributed by atoms with van der Waals surface area (Å²) in [6.07, 6.45) is 6.12. The van der Waals surface area contributed by atoms with Crippen molar-refractivity contribution >= 4 is 34.2 Å². The van der Waals surface area contributed by atoms with Gasteiger partial charge in [0, 0.05) is 22.6 Å². The maximum Gasteiger partial charge on any atom is 0.360 e. The van der Waals surface area contributed by atoms with Crippen LogP contribution in [0.25, 0.3) is 22.1 Å². The van der Waals surface area contributed by atoms with Crippen LogP contribution >= 0.6 is 0 Å². The lowest BCUT2D eigenvalue weighted by molar-refractivity contribution is -0.123. The number of rotatable bonds is 10. The van der Waals surface area contributed by atoms with E-state index in [9.17, 15) is 14.4 Å². The molecule has 4 aromatic rings. The third-order valence-corrected chi connectivity index (χ3v) is 9.55. The Morgan fingerprint density at radius 3 is 2.67 bits per heavy atom. The van der Waals surface area contributed by atoms with Crippen molar-refractivity contribution in [3.8, 4) is 28.4 Å². The second-order valence-corrected chi connectivity index (χ2v) is 12.4. The van der Waals surface area contributed by atoms with Crippen LogP contribution in [-0.4, -0.2) is 44.7 Å². The van der Waals surface area contributed by atoms with Crippen molar-refractivity contribution in [1.82, 2.24) is 5.32 Å². The highest BCUT2D eigenvalue weighted by molar-refractivity contribution is 6.08. The van der Waals surface area contributed by atoms with Gasteiger partial charge in [-0.1, -0.05) is 18.6 Å². The molecule has 2 bridgehead atoms. The first-order chi connectivity index (χ1) is 22.4. The highest BCUT2D eigenvalue weighted by Gasteiger charge is 2.39. The first kappa shape index (κ1) is 29.9. The molecule has 2 fully saturated rings. The van der Waals surface area contributed by atoms with E-state index in [-0.39, 0.29) is 17.2 Å². The summed E-state index contributed by atoms with van der Waals surface area (Å²) in [5.74, 6) is 2.63. The van der Waals surface area contributed by atoms with E-state index in [2.05, 4.69) is 16.0 Å². The number of fused-ring (bicyclic) bond motifs is 5. The van der Waals surface area contributed by atoms with Gasteiger partial charge >= 0.3 is 5.63 Å².